The summed E-state index contributed by atoms with van der Waals surface area (Å²) in [6.07, 6.45) is 1.68. The molecule has 0 spiro atoms. The molecule has 1 heterocycles. The molecule has 2 amide bonds. The molecular weight excluding hydrogens is 473 g/mol. The highest BCUT2D eigenvalue weighted by atomic mass is 79.9. The first kappa shape index (κ1) is 20.3. The molecule has 27 heavy (non-hydrogen) atoms. The Morgan fingerprint density at radius 2 is 1.93 bits per heavy atom. The molecule has 0 aliphatic carbocycles. The van der Waals surface area contributed by atoms with Gasteiger partial charge in [0.25, 0.3) is 11.1 Å². The summed E-state index contributed by atoms with van der Waals surface area (Å²) in [6, 6.07) is 10.6. The van der Waals surface area contributed by atoms with E-state index >= 15 is 0 Å². The number of rotatable bonds is 5. The Hall–Kier alpha value is -1.47. The molecule has 1 saturated heterocycles. The summed E-state index contributed by atoms with van der Waals surface area (Å²) in [5, 5.41) is 0.477. The maximum absolute atomic E-state index is 12.7. The van der Waals surface area contributed by atoms with Crippen molar-refractivity contribution in [1.82, 2.24) is 4.90 Å². The van der Waals surface area contributed by atoms with Crippen LogP contribution in [0.5, 0.6) is 5.75 Å². The van der Waals surface area contributed by atoms with Gasteiger partial charge in [-0.1, -0.05) is 45.2 Å². The van der Waals surface area contributed by atoms with Gasteiger partial charge < -0.3 is 4.74 Å². The van der Waals surface area contributed by atoms with E-state index in [1.54, 1.807) is 24.3 Å². The fourth-order valence-corrected chi connectivity index (χ4v) is 4.05. The molecule has 0 unspecified atom stereocenters. The van der Waals surface area contributed by atoms with Crippen molar-refractivity contribution in [3.63, 3.8) is 0 Å². The average molecular weight is 487 g/mol. The maximum atomic E-state index is 12.7. The van der Waals surface area contributed by atoms with Gasteiger partial charge in [0.1, 0.15) is 5.75 Å². The first-order chi connectivity index (χ1) is 12.9. The van der Waals surface area contributed by atoms with E-state index in [9.17, 15) is 9.59 Å². The summed E-state index contributed by atoms with van der Waals surface area (Å²) in [5.41, 5.74) is 1.46. The highest BCUT2D eigenvalue weighted by Gasteiger charge is 2.35. The Morgan fingerprint density at radius 1 is 1.15 bits per heavy atom. The normalized spacial score (nSPS) is 15.7. The van der Waals surface area contributed by atoms with Gasteiger partial charge >= 0.3 is 0 Å². The first-order valence-electron chi connectivity index (χ1n) is 8.00. The number of nitrogens with zero attached hydrogens (tertiary/aromatic N) is 1. The van der Waals surface area contributed by atoms with Gasteiger partial charge in [-0.2, -0.15) is 0 Å². The number of amides is 2. The van der Waals surface area contributed by atoms with Crippen LogP contribution in [0.15, 0.2) is 45.8 Å². The number of benzene rings is 2. The Bertz CT molecular complexity index is 949. The zero-order valence-corrected chi connectivity index (χ0v) is 18.1. The fraction of sp³-hybridized carbons (Fsp3) is 0.158. The zero-order chi connectivity index (χ0) is 19.6. The minimum atomic E-state index is -0.349. The smallest absolute Gasteiger partial charge is 0.293 e. The highest BCUT2D eigenvalue weighted by Crippen LogP contribution is 2.36. The Morgan fingerprint density at radius 3 is 2.63 bits per heavy atom. The number of halogens is 3. The maximum Gasteiger partial charge on any atom is 0.293 e. The van der Waals surface area contributed by atoms with Crippen molar-refractivity contribution in [3.8, 4) is 5.75 Å². The lowest BCUT2D eigenvalue weighted by Crippen LogP contribution is -2.27. The van der Waals surface area contributed by atoms with Crippen LogP contribution in [-0.4, -0.2) is 22.7 Å². The van der Waals surface area contributed by atoms with Crippen molar-refractivity contribution >= 4 is 68.1 Å². The van der Waals surface area contributed by atoms with E-state index in [0.717, 1.165) is 27.4 Å². The van der Waals surface area contributed by atoms with Crippen LogP contribution in [0.1, 0.15) is 18.1 Å². The molecule has 0 bridgehead atoms. The van der Waals surface area contributed by atoms with Gasteiger partial charge in [-0.05, 0) is 60.7 Å². The summed E-state index contributed by atoms with van der Waals surface area (Å²) in [5.74, 6) is 0.301. The van der Waals surface area contributed by atoms with Gasteiger partial charge in [-0.3, -0.25) is 14.5 Å². The molecule has 0 N–H and O–H groups in total. The number of ether oxygens (including phenoxy) is 1. The van der Waals surface area contributed by atoms with Gasteiger partial charge in [0.15, 0.2) is 0 Å². The van der Waals surface area contributed by atoms with E-state index in [4.69, 9.17) is 27.9 Å². The third-order valence-electron chi connectivity index (χ3n) is 3.76. The van der Waals surface area contributed by atoms with Crippen molar-refractivity contribution < 1.29 is 14.3 Å². The van der Waals surface area contributed by atoms with Crippen molar-refractivity contribution in [2.75, 3.05) is 6.61 Å². The van der Waals surface area contributed by atoms with Gasteiger partial charge in [0.05, 0.1) is 28.1 Å². The Kier molecular flexibility index (Phi) is 6.52. The number of thioether (sulfide) groups is 1. The first-order valence-corrected chi connectivity index (χ1v) is 10.4. The summed E-state index contributed by atoms with van der Waals surface area (Å²) in [6.45, 7) is 2.52. The molecule has 0 saturated carbocycles. The van der Waals surface area contributed by atoms with Crippen LogP contribution in [0, 0.1) is 0 Å². The minimum Gasteiger partial charge on any atom is -0.493 e. The lowest BCUT2D eigenvalue weighted by Gasteiger charge is -2.13. The molecule has 0 aromatic heterocycles. The molecule has 1 aliphatic heterocycles. The van der Waals surface area contributed by atoms with Crippen molar-refractivity contribution in [2.45, 2.75) is 13.5 Å². The second kappa shape index (κ2) is 8.69. The second-order valence-corrected chi connectivity index (χ2v) is 8.35. The van der Waals surface area contributed by atoms with E-state index < -0.39 is 0 Å². The molecule has 1 aliphatic rings. The standard InChI is InChI=1S/C19H14BrCl2NO3S/c1-2-26-16-6-4-13(20)8-12(16)9-17-18(24)23(19(25)27-17)10-11-3-5-14(21)15(22)7-11/h3-9H,2,10H2,1H3/b17-9-. The summed E-state index contributed by atoms with van der Waals surface area (Å²) >= 11 is 16.2. The van der Waals surface area contributed by atoms with Gasteiger partial charge in [0, 0.05) is 10.0 Å². The van der Waals surface area contributed by atoms with Crippen molar-refractivity contribution in [3.05, 3.63) is 66.9 Å². The molecule has 4 nitrogen and oxygen atoms in total. The van der Waals surface area contributed by atoms with Crippen LogP contribution >= 0.6 is 50.9 Å². The van der Waals surface area contributed by atoms with Crippen LogP contribution in [0.2, 0.25) is 10.0 Å². The monoisotopic (exact) mass is 485 g/mol. The van der Waals surface area contributed by atoms with Crippen LogP contribution in [0.25, 0.3) is 6.08 Å². The minimum absolute atomic E-state index is 0.135. The molecule has 2 aromatic rings. The molecule has 2 aromatic carbocycles. The molecule has 140 valence electrons. The summed E-state index contributed by atoms with van der Waals surface area (Å²) in [4.78, 5) is 26.6. The number of carbonyl (C=O) groups is 2. The fourth-order valence-electron chi connectivity index (χ4n) is 2.52. The van der Waals surface area contributed by atoms with Gasteiger partial charge in [0.2, 0.25) is 0 Å². The van der Waals surface area contributed by atoms with Crippen LogP contribution in [0.3, 0.4) is 0 Å². The van der Waals surface area contributed by atoms with Crippen LogP contribution in [-0.2, 0) is 11.3 Å². The van der Waals surface area contributed by atoms with Crippen molar-refractivity contribution in [1.29, 1.82) is 0 Å². The van der Waals surface area contributed by atoms with E-state index in [1.165, 1.54) is 4.90 Å². The zero-order valence-electron chi connectivity index (χ0n) is 14.2. The average Bonchev–Trinajstić information content (AvgIpc) is 2.88. The van der Waals surface area contributed by atoms with Crippen LogP contribution < -0.4 is 4.74 Å². The molecule has 0 radical (unpaired) electrons. The third kappa shape index (κ3) is 4.69. The Balaban J connectivity index is 1.86. The number of hydrogen-bond donors (Lipinski definition) is 0. The SMILES string of the molecule is CCOc1ccc(Br)cc1/C=C1\SC(=O)N(Cc2ccc(Cl)c(Cl)c2)C1=O. The van der Waals surface area contributed by atoms with Gasteiger partial charge in [-0.15, -0.1) is 0 Å². The molecule has 3 rings (SSSR count). The predicted octanol–water partition coefficient (Wildman–Crippen LogP) is 6.39. The van der Waals surface area contributed by atoms with Crippen LogP contribution in [0.4, 0.5) is 4.79 Å². The van der Waals surface area contributed by atoms with E-state index in [0.29, 0.717) is 27.3 Å². The topological polar surface area (TPSA) is 46.6 Å². The predicted molar refractivity (Wildman–Crippen MR) is 113 cm³/mol. The number of hydrogen-bond acceptors (Lipinski definition) is 4. The summed E-state index contributed by atoms with van der Waals surface area (Å²) < 4.78 is 6.45. The quantitative estimate of drug-likeness (QED) is 0.459. The molecule has 1 fully saturated rings. The van der Waals surface area contributed by atoms with Crippen molar-refractivity contribution in [2.24, 2.45) is 0 Å². The molecule has 8 heteroatoms. The lowest BCUT2D eigenvalue weighted by molar-refractivity contribution is -0.123. The second-order valence-electron chi connectivity index (χ2n) is 5.63. The highest BCUT2D eigenvalue weighted by molar-refractivity contribution is 9.10. The van der Waals surface area contributed by atoms with Gasteiger partial charge in [-0.25, -0.2) is 0 Å². The molecule has 0 atom stereocenters. The van der Waals surface area contributed by atoms with E-state index in [1.807, 2.05) is 25.1 Å². The lowest BCUT2D eigenvalue weighted by atomic mass is 10.1. The number of carbonyl (C=O) groups excluding carboxylic acids is 2. The number of imide groups is 1. The third-order valence-corrected chi connectivity index (χ3v) is 5.90. The Labute approximate surface area is 179 Å². The largest absolute Gasteiger partial charge is 0.493 e. The van der Waals surface area contributed by atoms with E-state index in [-0.39, 0.29) is 17.7 Å². The molecular formula is C19H14BrCl2NO3S. The van der Waals surface area contributed by atoms with E-state index in [2.05, 4.69) is 15.9 Å². The summed E-state index contributed by atoms with van der Waals surface area (Å²) in [7, 11) is 0.